The van der Waals surface area contributed by atoms with E-state index in [0.717, 1.165) is 22.6 Å². The minimum Gasteiger partial charge on any atom is -0.457 e. The number of aliphatic hydroxyl groups is 1. The minimum atomic E-state index is -0.497. The van der Waals surface area contributed by atoms with Crippen molar-refractivity contribution in [1.29, 1.82) is 0 Å². The zero-order valence-electron chi connectivity index (χ0n) is 13.3. The van der Waals surface area contributed by atoms with Gasteiger partial charge in [-0.3, -0.25) is 0 Å². The van der Waals surface area contributed by atoms with Gasteiger partial charge in [-0.15, -0.1) is 0 Å². The van der Waals surface area contributed by atoms with Crippen molar-refractivity contribution in [2.45, 2.75) is 45.6 Å². The highest BCUT2D eigenvalue weighted by Gasteiger charge is 2.20. The molecule has 0 aliphatic heterocycles. The van der Waals surface area contributed by atoms with E-state index in [2.05, 4.69) is 26.8 Å². The van der Waals surface area contributed by atoms with Gasteiger partial charge in [-0.05, 0) is 24.0 Å². The van der Waals surface area contributed by atoms with Gasteiger partial charge in [0.1, 0.15) is 11.5 Å². The van der Waals surface area contributed by atoms with E-state index in [0.29, 0.717) is 6.42 Å². The highest BCUT2D eigenvalue weighted by Crippen LogP contribution is 2.36. The zero-order valence-corrected chi connectivity index (χ0v) is 13.3. The molecule has 1 N–H and O–H groups in total. The molecule has 0 aliphatic rings. The summed E-state index contributed by atoms with van der Waals surface area (Å²) in [5, 5.41) is 10.1. The Balaban J connectivity index is 2.40. The number of ether oxygens (including phenoxy) is 1. The van der Waals surface area contributed by atoms with Gasteiger partial charge in [-0.1, -0.05) is 64.1 Å². The van der Waals surface area contributed by atoms with Gasteiger partial charge >= 0.3 is 0 Å². The standard InChI is InChI=1S/C19H24O2/c1-5-16(20)14-10-6-8-12-17(14)21-18-13-9-7-11-15(18)19(2,3)4/h6-13,16,20H,5H2,1-4H3. The first-order chi connectivity index (χ1) is 9.93. The van der Waals surface area contributed by atoms with E-state index in [1.54, 1.807) is 0 Å². The number of hydrogen-bond acceptors (Lipinski definition) is 2. The van der Waals surface area contributed by atoms with E-state index in [1.165, 1.54) is 0 Å². The summed E-state index contributed by atoms with van der Waals surface area (Å²) < 4.78 is 6.13. The Labute approximate surface area is 127 Å². The monoisotopic (exact) mass is 284 g/mol. The van der Waals surface area contributed by atoms with Crippen LogP contribution in [-0.4, -0.2) is 5.11 Å². The van der Waals surface area contributed by atoms with Crippen molar-refractivity contribution in [2.24, 2.45) is 0 Å². The van der Waals surface area contributed by atoms with E-state index in [-0.39, 0.29) is 5.41 Å². The Bertz CT molecular complexity index is 597. The molecule has 0 saturated heterocycles. The molecule has 1 unspecified atom stereocenters. The maximum Gasteiger partial charge on any atom is 0.133 e. The molecule has 2 rings (SSSR count). The number of rotatable bonds is 4. The van der Waals surface area contributed by atoms with Crippen molar-refractivity contribution < 1.29 is 9.84 Å². The lowest BCUT2D eigenvalue weighted by Crippen LogP contribution is -2.12. The van der Waals surface area contributed by atoms with Crippen LogP contribution in [0.2, 0.25) is 0 Å². The van der Waals surface area contributed by atoms with Crippen LogP contribution in [0.1, 0.15) is 51.3 Å². The third kappa shape index (κ3) is 3.64. The fourth-order valence-electron chi connectivity index (χ4n) is 2.36. The van der Waals surface area contributed by atoms with Crippen molar-refractivity contribution in [3.05, 3.63) is 59.7 Å². The van der Waals surface area contributed by atoms with Crippen LogP contribution in [0.25, 0.3) is 0 Å². The van der Waals surface area contributed by atoms with Crippen molar-refractivity contribution in [3.63, 3.8) is 0 Å². The molecule has 1 atom stereocenters. The number of para-hydroxylation sites is 2. The first-order valence-electron chi connectivity index (χ1n) is 7.48. The van der Waals surface area contributed by atoms with E-state index < -0.39 is 6.10 Å². The molecule has 0 radical (unpaired) electrons. The summed E-state index contributed by atoms with van der Waals surface area (Å²) in [6.07, 6.45) is 0.171. The van der Waals surface area contributed by atoms with Crippen LogP contribution >= 0.6 is 0 Å². The second-order valence-electron chi connectivity index (χ2n) is 6.31. The lowest BCUT2D eigenvalue weighted by molar-refractivity contribution is 0.170. The summed E-state index contributed by atoms with van der Waals surface area (Å²) in [5.41, 5.74) is 2.00. The lowest BCUT2D eigenvalue weighted by Gasteiger charge is -2.23. The maximum atomic E-state index is 10.1. The number of hydrogen-bond donors (Lipinski definition) is 1. The third-order valence-corrected chi connectivity index (χ3v) is 3.58. The van der Waals surface area contributed by atoms with Crippen LogP contribution in [0, 0.1) is 0 Å². The van der Waals surface area contributed by atoms with E-state index >= 15 is 0 Å². The second kappa shape index (κ2) is 6.31. The van der Waals surface area contributed by atoms with E-state index in [1.807, 2.05) is 49.4 Å². The Morgan fingerprint density at radius 3 is 2.14 bits per heavy atom. The molecule has 2 aromatic rings. The van der Waals surface area contributed by atoms with Crippen LogP contribution in [-0.2, 0) is 5.41 Å². The Kier molecular flexibility index (Phi) is 4.69. The molecule has 2 heteroatoms. The minimum absolute atomic E-state index is 0.00884. The highest BCUT2D eigenvalue weighted by molar-refractivity contribution is 5.44. The Hall–Kier alpha value is -1.80. The van der Waals surface area contributed by atoms with Crippen LogP contribution in [0.3, 0.4) is 0 Å². The second-order valence-corrected chi connectivity index (χ2v) is 6.31. The quantitative estimate of drug-likeness (QED) is 0.834. The predicted molar refractivity (Wildman–Crippen MR) is 86.9 cm³/mol. The van der Waals surface area contributed by atoms with Crippen LogP contribution in [0.15, 0.2) is 48.5 Å². The molecule has 0 amide bonds. The molecule has 2 nitrogen and oxygen atoms in total. The topological polar surface area (TPSA) is 29.5 Å². The molecule has 0 saturated carbocycles. The molecule has 0 heterocycles. The van der Waals surface area contributed by atoms with Gasteiger partial charge in [0, 0.05) is 11.1 Å². The summed E-state index contributed by atoms with van der Waals surface area (Å²) in [6, 6.07) is 15.8. The zero-order chi connectivity index (χ0) is 15.5. The normalized spacial score (nSPS) is 13.0. The molecule has 0 aromatic heterocycles. The average Bonchev–Trinajstić information content (AvgIpc) is 2.46. The summed E-state index contributed by atoms with van der Waals surface area (Å²) in [5.74, 6) is 1.57. The Morgan fingerprint density at radius 1 is 0.952 bits per heavy atom. The SMILES string of the molecule is CCC(O)c1ccccc1Oc1ccccc1C(C)(C)C. The van der Waals surface area contributed by atoms with Gasteiger partial charge in [0.25, 0.3) is 0 Å². The van der Waals surface area contributed by atoms with Gasteiger partial charge in [0.05, 0.1) is 6.10 Å². The molecule has 0 spiro atoms. The fraction of sp³-hybridized carbons (Fsp3) is 0.368. The first-order valence-corrected chi connectivity index (χ1v) is 7.48. The van der Waals surface area contributed by atoms with Crippen molar-refractivity contribution >= 4 is 0 Å². The summed E-state index contributed by atoms with van der Waals surface area (Å²) in [4.78, 5) is 0. The van der Waals surface area contributed by atoms with Crippen LogP contribution in [0.5, 0.6) is 11.5 Å². The van der Waals surface area contributed by atoms with Gasteiger partial charge in [-0.25, -0.2) is 0 Å². The van der Waals surface area contributed by atoms with Gasteiger partial charge < -0.3 is 9.84 Å². The molecule has 0 bridgehead atoms. The van der Waals surface area contributed by atoms with Crippen molar-refractivity contribution in [1.82, 2.24) is 0 Å². The largest absolute Gasteiger partial charge is 0.457 e. The summed E-state index contributed by atoms with van der Waals surface area (Å²) >= 11 is 0. The van der Waals surface area contributed by atoms with Crippen molar-refractivity contribution in [2.75, 3.05) is 0 Å². The molecule has 21 heavy (non-hydrogen) atoms. The van der Waals surface area contributed by atoms with Gasteiger partial charge in [-0.2, -0.15) is 0 Å². The first kappa shape index (κ1) is 15.6. The highest BCUT2D eigenvalue weighted by atomic mass is 16.5. The molecule has 112 valence electrons. The number of aliphatic hydroxyl groups excluding tert-OH is 1. The third-order valence-electron chi connectivity index (χ3n) is 3.58. The summed E-state index contributed by atoms with van der Waals surface area (Å²) in [6.45, 7) is 8.47. The van der Waals surface area contributed by atoms with E-state index in [4.69, 9.17) is 4.74 Å². The Morgan fingerprint density at radius 2 is 1.52 bits per heavy atom. The predicted octanol–water partition coefficient (Wildman–Crippen LogP) is 5.22. The maximum absolute atomic E-state index is 10.1. The van der Waals surface area contributed by atoms with Gasteiger partial charge in [0.15, 0.2) is 0 Å². The molecule has 0 fully saturated rings. The molecular formula is C19H24O2. The summed E-state index contributed by atoms with van der Waals surface area (Å²) in [7, 11) is 0. The number of benzene rings is 2. The van der Waals surface area contributed by atoms with Crippen LogP contribution in [0.4, 0.5) is 0 Å². The van der Waals surface area contributed by atoms with Crippen molar-refractivity contribution in [3.8, 4) is 11.5 Å². The molecule has 2 aromatic carbocycles. The molecular weight excluding hydrogens is 260 g/mol. The van der Waals surface area contributed by atoms with Crippen LogP contribution < -0.4 is 4.74 Å². The fourth-order valence-corrected chi connectivity index (χ4v) is 2.36. The smallest absolute Gasteiger partial charge is 0.133 e. The van der Waals surface area contributed by atoms with E-state index in [9.17, 15) is 5.11 Å². The lowest BCUT2D eigenvalue weighted by atomic mass is 9.86. The van der Waals surface area contributed by atoms with Gasteiger partial charge in [0.2, 0.25) is 0 Å². The molecule has 0 aliphatic carbocycles. The average molecular weight is 284 g/mol.